The molecule has 7 heteroatoms. The quantitative estimate of drug-likeness (QED) is 0.817. The van der Waals surface area contributed by atoms with Gasteiger partial charge in [0.05, 0.1) is 0 Å². The van der Waals surface area contributed by atoms with E-state index in [9.17, 15) is 14.4 Å². The number of carbonyl (C=O) groups excluding carboxylic acids is 3. The molecule has 1 aliphatic carbocycles. The Balaban J connectivity index is 1.70. The van der Waals surface area contributed by atoms with E-state index in [1.165, 1.54) is 4.90 Å². The maximum Gasteiger partial charge on any atom is 0.410 e. The third kappa shape index (κ3) is 2.96. The molecule has 0 aromatic rings. The summed E-state index contributed by atoms with van der Waals surface area (Å²) in [4.78, 5) is 40.1. The van der Waals surface area contributed by atoms with Crippen LogP contribution in [0.1, 0.15) is 46.5 Å². The summed E-state index contributed by atoms with van der Waals surface area (Å²) < 4.78 is 5.36. The number of ether oxygens (including phenoxy) is 1. The molecule has 2 N–H and O–H groups in total. The van der Waals surface area contributed by atoms with Crippen molar-refractivity contribution in [2.75, 3.05) is 13.1 Å². The average Bonchev–Trinajstić information content (AvgIpc) is 2.93. The van der Waals surface area contributed by atoms with Crippen molar-refractivity contribution in [2.24, 2.45) is 17.6 Å². The molecule has 0 radical (unpaired) electrons. The first kappa shape index (κ1) is 17.0. The van der Waals surface area contributed by atoms with Crippen molar-refractivity contribution in [3.63, 3.8) is 0 Å². The summed E-state index contributed by atoms with van der Waals surface area (Å²) in [7, 11) is 0. The predicted molar refractivity (Wildman–Crippen MR) is 86.9 cm³/mol. The van der Waals surface area contributed by atoms with Crippen molar-refractivity contribution in [1.29, 1.82) is 0 Å². The Bertz CT molecular complexity index is 557. The maximum absolute atomic E-state index is 12.9. The molecule has 7 nitrogen and oxygen atoms in total. The van der Waals surface area contributed by atoms with Crippen LogP contribution in [0.25, 0.3) is 0 Å². The van der Waals surface area contributed by atoms with Gasteiger partial charge in [0.1, 0.15) is 17.7 Å². The lowest BCUT2D eigenvalue weighted by Gasteiger charge is -2.42. The summed E-state index contributed by atoms with van der Waals surface area (Å²) in [5, 5.41) is 0. The summed E-state index contributed by atoms with van der Waals surface area (Å²) in [6, 6.07) is -1.05. The monoisotopic (exact) mass is 337 g/mol. The van der Waals surface area contributed by atoms with Gasteiger partial charge in [0, 0.05) is 13.1 Å². The normalized spacial score (nSPS) is 32.3. The van der Waals surface area contributed by atoms with E-state index in [0.717, 1.165) is 19.3 Å². The minimum atomic E-state index is -0.597. The van der Waals surface area contributed by atoms with Gasteiger partial charge in [-0.3, -0.25) is 14.5 Å². The SMILES string of the molecule is CC(C)(C)OC(=O)N1CC[C@@H]1C(=O)N1C[C@@H]2CCC[C@H]2[C@H]1C(N)=O. The van der Waals surface area contributed by atoms with Crippen LogP contribution in [0.5, 0.6) is 0 Å². The van der Waals surface area contributed by atoms with Crippen molar-refractivity contribution >= 4 is 17.9 Å². The Hall–Kier alpha value is -1.79. The first-order valence-electron chi connectivity index (χ1n) is 8.78. The predicted octanol–water partition coefficient (Wildman–Crippen LogP) is 1.11. The molecule has 2 aliphatic heterocycles. The van der Waals surface area contributed by atoms with E-state index in [4.69, 9.17) is 10.5 Å². The van der Waals surface area contributed by atoms with Crippen LogP contribution < -0.4 is 5.73 Å². The topological polar surface area (TPSA) is 92.9 Å². The number of amides is 3. The maximum atomic E-state index is 12.9. The molecule has 3 rings (SSSR count). The van der Waals surface area contributed by atoms with E-state index in [1.807, 2.05) is 0 Å². The number of carbonyl (C=O) groups is 3. The van der Waals surface area contributed by atoms with Gasteiger partial charge >= 0.3 is 6.09 Å². The van der Waals surface area contributed by atoms with E-state index < -0.39 is 29.7 Å². The second kappa shape index (κ2) is 5.93. The molecule has 134 valence electrons. The number of nitrogens with two attached hydrogens (primary N) is 1. The van der Waals surface area contributed by atoms with Gasteiger partial charge in [-0.25, -0.2) is 4.79 Å². The highest BCUT2D eigenvalue weighted by Gasteiger charge is 2.52. The van der Waals surface area contributed by atoms with E-state index >= 15 is 0 Å². The van der Waals surface area contributed by atoms with Crippen LogP contribution in [0.2, 0.25) is 0 Å². The third-order valence-electron chi connectivity index (χ3n) is 5.40. The van der Waals surface area contributed by atoms with Crippen LogP contribution in [0.3, 0.4) is 0 Å². The molecule has 0 bridgehead atoms. The van der Waals surface area contributed by atoms with Crippen molar-refractivity contribution in [3.8, 4) is 0 Å². The fourth-order valence-corrected chi connectivity index (χ4v) is 4.27. The van der Waals surface area contributed by atoms with Gasteiger partial charge in [-0.2, -0.15) is 0 Å². The zero-order valence-corrected chi connectivity index (χ0v) is 14.7. The lowest BCUT2D eigenvalue weighted by atomic mass is 9.93. The molecule has 2 heterocycles. The zero-order chi connectivity index (χ0) is 17.6. The van der Waals surface area contributed by atoms with E-state index in [0.29, 0.717) is 25.4 Å². The Kier molecular flexibility index (Phi) is 4.21. The van der Waals surface area contributed by atoms with E-state index in [1.54, 1.807) is 25.7 Å². The fourth-order valence-electron chi connectivity index (χ4n) is 4.27. The molecule has 3 fully saturated rings. The molecule has 2 saturated heterocycles. The molecule has 3 aliphatic rings. The van der Waals surface area contributed by atoms with Crippen molar-refractivity contribution < 1.29 is 19.1 Å². The highest BCUT2D eigenvalue weighted by molar-refractivity contribution is 5.92. The van der Waals surface area contributed by atoms with Crippen molar-refractivity contribution in [1.82, 2.24) is 9.80 Å². The largest absolute Gasteiger partial charge is 0.444 e. The van der Waals surface area contributed by atoms with E-state index in [-0.39, 0.29) is 11.8 Å². The Morgan fingerprint density at radius 3 is 2.33 bits per heavy atom. The summed E-state index contributed by atoms with van der Waals surface area (Å²) in [6.45, 7) is 6.48. The number of hydrogen-bond donors (Lipinski definition) is 1. The molecule has 1 saturated carbocycles. The van der Waals surface area contributed by atoms with Gasteiger partial charge in [0.15, 0.2) is 0 Å². The molecule has 4 atom stereocenters. The highest BCUT2D eigenvalue weighted by Crippen LogP contribution is 2.43. The second-order valence-corrected chi connectivity index (χ2v) is 8.17. The number of rotatable bonds is 2. The molecular weight excluding hydrogens is 310 g/mol. The zero-order valence-electron chi connectivity index (χ0n) is 14.7. The molecular formula is C17H27N3O4. The first-order chi connectivity index (χ1) is 11.2. The van der Waals surface area contributed by atoms with Gasteiger partial charge in [-0.05, 0) is 51.9 Å². The van der Waals surface area contributed by atoms with Crippen LogP contribution >= 0.6 is 0 Å². The summed E-state index contributed by atoms with van der Waals surface area (Å²) in [5.41, 5.74) is 4.98. The molecule has 0 unspecified atom stereocenters. The van der Waals surface area contributed by atoms with Gasteiger partial charge < -0.3 is 15.4 Å². The molecule has 0 aromatic heterocycles. The standard InChI is InChI=1S/C17H27N3O4/c1-17(2,3)24-16(23)19-8-7-12(19)15(22)20-9-10-5-4-6-11(10)13(20)14(18)21/h10-13H,4-9H2,1-3H3,(H2,18,21)/t10-,11+,12+,13-/m0/s1. The van der Waals surface area contributed by atoms with Gasteiger partial charge in [0.25, 0.3) is 0 Å². The van der Waals surface area contributed by atoms with Crippen LogP contribution in [0.15, 0.2) is 0 Å². The van der Waals surface area contributed by atoms with Crippen molar-refractivity contribution in [3.05, 3.63) is 0 Å². The Morgan fingerprint density at radius 2 is 1.79 bits per heavy atom. The number of nitrogens with zero attached hydrogens (tertiary/aromatic N) is 2. The number of likely N-dealkylation sites (tertiary alicyclic amines) is 2. The minimum absolute atomic E-state index is 0.162. The lowest BCUT2D eigenvalue weighted by molar-refractivity contribution is -0.146. The lowest BCUT2D eigenvalue weighted by Crippen LogP contribution is -2.61. The molecule has 24 heavy (non-hydrogen) atoms. The van der Waals surface area contributed by atoms with Crippen LogP contribution in [-0.2, 0) is 14.3 Å². The number of primary amides is 1. The Labute approximate surface area is 142 Å². The molecule has 0 aromatic carbocycles. The average molecular weight is 337 g/mol. The summed E-state index contributed by atoms with van der Waals surface area (Å²) >= 11 is 0. The smallest absolute Gasteiger partial charge is 0.410 e. The number of hydrogen-bond acceptors (Lipinski definition) is 4. The third-order valence-corrected chi connectivity index (χ3v) is 5.40. The van der Waals surface area contributed by atoms with Gasteiger partial charge in [-0.1, -0.05) is 6.42 Å². The van der Waals surface area contributed by atoms with Gasteiger partial charge in [0.2, 0.25) is 11.8 Å². The number of fused-ring (bicyclic) bond motifs is 1. The molecule has 0 spiro atoms. The highest BCUT2D eigenvalue weighted by atomic mass is 16.6. The minimum Gasteiger partial charge on any atom is -0.444 e. The Morgan fingerprint density at radius 1 is 1.08 bits per heavy atom. The second-order valence-electron chi connectivity index (χ2n) is 8.17. The first-order valence-corrected chi connectivity index (χ1v) is 8.78. The van der Waals surface area contributed by atoms with Crippen LogP contribution in [0.4, 0.5) is 4.79 Å². The van der Waals surface area contributed by atoms with Gasteiger partial charge in [-0.15, -0.1) is 0 Å². The fraction of sp³-hybridized carbons (Fsp3) is 0.824. The van der Waals surface area contributed by atoms with Crippen LogP contribution in [-0.4, -0.2) is 58.5 Å². The molecule has 3 amide bonds. The van der Waals surface area contributed by atoms with E-state index in [2.05, 4.69) is 0 Å². The van der Waals surface area contributed by atoms with Crippen molar-refractivity contribution in [2.45, 2.75) is 64.1 Å². The van der Waals surface area contributed by atoms with Crippen LogP contribution in [0, 0.1) is 11.8 Å². The summed E-state index contributed by atoms with van der Waals surface area (Å²) in [6.07, 6.45) is 3.22. The summed E-state index contributed by atoms with van der Waals surface area (Å²) in [5.74, 6) is -0.0470.